The van der Waals surface area contributed by atoms with Crippen LogP contribution in [-0.4, -0.2) is 24.6 Å². The van der Waals surface area contributed by atoms with E-state index in [2.05, 4.69) is 10.1 Å². The molecule has 0 unspecified atom stereocenters. The Morgan fingerprint density at radius 3 is 2.57 bits per heavy atom. The fourth-order valence-corrected chi connectivity index (χ4v) is 2.24. The van der Waals surface area contributed by atoms with Crippen LogP contribution in [0.3, 0.4) is 0 Å². The van der Waals surface area contributed by atoms with Crippen molar-refractivity contribution in [3.8, 4) is 5.75 Å². The second-order valence-corrected chi connectivity index (χ2v) is 5.86. The van der Waals surface area contributed by atoms with E-state index in [-0.39, 0.29) is 16.5 Å². The summed E-state index contributed by atoms with van der Waals surface area (Å²) >= 11 is 5.64. The number of benzene rings is 2. The Morgan fingerprint density at radius 1 is 1.18 bits per heavy atom. The molecule has 5 nitrogen and oxygen atoms in total. The van der Waals surface area contributed by atoms with Gasteiger partial charge in [0.15, 0.2) is 6.10 Å². The van der Waals surface area contributed by atoms with E-state index in [0.717, 1.165) is 12.1 Å². The summed E-state index contributed by atoms with van der Waals surface area (Å²) in [6.07, 6.45) is 1.17. The second-order valence-electron chi connectivity index (χ2n) is 5.45. The Kier molecular flexibility index (Phi) is 7.45. The third-order valence-corrected chi connectivity index (χ3v) is 3.67. The minimum atomic E-state index is -3.06. The van der Waals surface area contributed by atoms with E-state index in [1.54, 1.807) is 0 Å². The lowest BCUT2D eigenvalue weighted by Gasteiger charge is -2.15. The first-order valence-electron chi connectivity index (χ1n) is 7.94. The van der Waals surface area contributed by atoms with E-state index in [9.17, 15) is 22.8 Å². The average molecular weight is 414 g/mol. The zero-order valence-corrected chi connectivity index (χ0v) is 15.3. The predicted octanol–water partition coefficient (Wildman–Crippen LogP) is 4.66. The predicted molar refractivity (Wildman–Crippen MR) is 97.7 cm³/mol. The number of ether oxygens (including phenoxy) is 2. The minimum absolute atomic E-state index is 0.00666. The Bertz CT molecular complexity index is 889. The zero-order valence-electron chi connectivity index (χ0n) is 14.5. The molecule has 2 aromatic carbocycles. The molecule has 9 heteroatoms. The smallest absolute Gasteiger partial charge is 0.387 e. The van der Waals surface area contributed by atoms with Gasteiger partial charge in [-0.25, -0.2) is 9.18 Å². The minimum Gasteiger partial charge on any atom is -0.449 e. The first kappa shape index (κ1) is 21.3. The SMILES string of the molecule is C[C@H](OC(=O)/C=C/c1ccc(F)c(Cl)c1)C(=O)Nc1ccccc1OC(F)F. The van der Waals surface area contributed by atoms with Gasteiger partial charge in [-0.1, -0.05) is 29.8 Å². The number of nitrogens with one attached hydrogen (secondary N) is 1. The molecule has 2 aromatic rings. The molecule has 0 saturated carbocycles. The number of alkyl halides is 2. The number of halogens is 4. The molecule has 0 fully saturated rings. The number of carbonyl (C=O) groups is 2. The second kappa shape index (κ2) is 9.80. The summed E-state index contributed by atoms with van der Waals surface area (Å²) in [4.78, 5) is 24.0. The Morgan fingerprint density at radius 2 is 1.89 bits per heavy atom. The lowest BCUT2D eigenvalue weighted by Crippen LogP contribution is -2.29. The van der Waals surface area contributed by atoms with Crippen LogP contribution in [-0.2, 0) is 14.3 Å². The molecule has 148 valence electrons. The monoisotopic (exact) mass is 413 g/mol. The van der Waals surface area contributed by atoms with E-state index in [0.29, 0.717) is 5.56 Å². The van der Waals surface area contributed by atoms with Gasteiger partial charge in [0.25, 0.3) is 5.91 Å². The molecule has 0 bridgehead atoms. The number of esters is 1. The summed E-state index contributed by atoms with van der Waals surface area (Å²) in [5, 5.41) is 2.25. The average Bonchev–Trinajstić information content (AvgIpc) is 2.63. The van der Waals surface area contributed by atoms with Crippen molar-refractivity contribution >= 4 is 35.2 Å². The normalized spacial score (nSPS) is 12.1. The summed E-state index contributed by atoms with van der Waals surface area (Å²) in [6.45, 7) is -1.75. The number of carbonyl (C=O) groups excluding carboxylic acids is 2. The molecule has 0 spiro atoms. The lowest BCUT2D eigenvalue weighted by molar-refractivity contribution is -0.148. The maximum absolute atomic E-state index is 13.1. The van der Waals surface area contributed by atoms with Gasteiger partial charge in [-0.05, 0) is 42.8 Å². The third kappa shape index (κ3) is 6.31. The van der Waals surface area contributed by atoms with Crippen LogP contribution in [0.1, 0.15) is 12.5 Å². The van der Waals surface area contributed by atoms with Gasteiger partial charge in [0.1, 0.15) is 11.6 Å². The maximum Gasteiger partial charge on any atom is 0.387 e. The summed E-state index contributed by atoms with van der Waals surface area (Å²) in [7, 11) is 0. The first-order valence-corrected chi connectivity index (χ1v) is 8.32. The van der Waals surface area contributed by atoms with Gasteiger partial charge in [-0.2, -0.15) is 8.78 Å². The van der Waals surface area contributed by atoms with Crippen molar-refractivity contribution in [2.24, 2.45) is 0 Å². The van der Waals surface area contributed by atoms with E-state index >= 15 is 0 Å². The number of hydrogen-bond donors (Lipinski definition) is 1. The quantitative estimate of drug-likeness (QED) is 0.529. The van der Waals surface area contributed by atoms with E-state index in [1.165, 1.54) is 49.4 Å². The fraction of sp³-hybridized carbons (Fsp3) is 0.158. The highest BCUT2D eigenvalue weighted by atomic mass is 35.5. The molecule has 0 aliphatic heterocycles. The largest absolute Gasteiger partial charge is 0.449 e. The summed E-state index contributed by atoms with van der Waals surface area (Å²) < 4.78 is 47.1. The number of rotatable bonds is 7. The molecule has 0 heterocycles. The van der Waals surface area contributed by atoms with Gasteiger partial charge in [0.2, 0.25) is 0 Å². The van der Waals surface area contributed by atoms with Crippen LogP contribution < -0.4 is 10.1 Å². The van der Waals surface area contributed by atoms with Crippen molar-refractivity contribution in [1.29, 1.82) is 0 Å². The van der Waals surface area contributed by atoms with Crippen molar-refractivity contribution in [2.45, 2.75) is 19.6 Å². The topological polar surface area (TPSA) is 64.6 Å². The molecule has 0 saturated heterocycles. The maximum atomic E-state index is 13.1. The van der Waals surface area contributed by atoms with Gasteiger partial charge >= 0.3 is 12.6 Å². The van der Waals surface area contributed by atoms with E-state index in [4.69, 9.17) is 16.3 Å². The van der Waals surface area contributed by atoms with Crippen molar-refractivity contribution in [3.05, 3.63) is 64.9 Å². The van der Waals surface area contributed by atoms with E-state index in [1.807, 2.05) is 0 Å². The molecule has 0 aromatic heterocycles. The van der Waals surface area contributed by atoms with Gasteiger partial charge < -0.3 is 14.8 Å². The van der Waals surface area contributed by atoms with Crippen LogP contribution in [0.4, 0.5) is 18.9 Å². The van der Waals surface area contributed by atoms with Crippen LogP contribution in [0.15, 0.2) is 48.5 Å². The number of hydrogen-bond acceptors (Lipinski definition) is 4. The van der Waals surface area contributed by atoms with Crippen LogP contribution in [0, 0.1) is 5.82 Å². The number of para-hydroxylation sites is 2. The molecule has 0 aliphatic rings. The van der Waals surface area contributed by atoms with Gasteiger partial charge in [0.05, 0.1) is 10.7 Å². The molecular formula is C19H15ClF3NO4. The molecule has 0 radical (unpaired) electrons. The standard InChI is InChI=1S/C19H15ClF3NO4/c1-11(18(26)24-15-4-2-3-5-16(15)28-19(22)23)27-17(25)9-7-12-6-8-14(21)13(20)10-12/h2-11,19H,1H3,(H,24,26)/b9-7+/t11-/m0/s1. The van der Waals surface area contributed by atoms with Crippen LogP contribution >= 0.6 is 11.6 Å². The molecule has 2 rings (SSSR count). The highest BCUT2D eigenvalue weighted by molar-refractivity contribution is 6.30. The third-order valence-electron chi connectivity index (χ3n) is 3.38. The Balaban J connectivity index is 1.95. The van der Waals surface area contributed by atoms with Gasteiger partial charge in [-0.3, -0.25) is 4.79 Å². The fourth-order valence-electron chi connectivity index (χ4n) is 2.05. The highest BCUT2D eigenvalue weighted by Gasteiger charge is 2.19. The number of anilines is 1. The van der Waals surface area contributed by atoms with Gasteiger partial charge in [0, 0.05) is 6.08 Å². The van der Waals surface area contributed by atoms with Gasteiger partial charge in [-0.15, -0.1) is 0 Å². The van der Waals surface area contributed by atoms with Crippen LogP contribution in [0.2, 0.25) is 5.02 Å². The summed E-state index contributed by atoms with van der Waals surface area (Å²) in [6, 6.07) is 9.46. The lowest BCUT2D eigenvalue weighted by atomic mass is 10.2. The molecule has 1 atom stereocenters. The van der Waals surface area contributed by atoms with E-state index < -0.39 is 30.4 Å². The highest BCUT2D eigenvalue weighted by Crippen LogP contribution is 2.25. The first-order chi connectivity index (χ1) is 13.3. The molecule has 1 N–H and O–H groups in total. The molecular weight excluding hydrogens is 399 g/mol. The molecule has 0 aliphatic carbocycles. The zero-order chi connectivity index (χ0) is 20.7. The van der Waals surface area contributed by atoms with Crippen LogP contribution in [0.25, 0.3) is 6.08 Å². The van der Waals surface area contributed by atoms with Crippen molar-refractivity contribution in [3.63, 3.8) is 0 Å². The Labute approximate surface area is 163 Å². The summed E-state index contributed by atoms with van der Waals surface area (Å²) in [5.74, 6) is -2.39. The van der Waals surface area contributed by atoms with Crippen LogP contribution in [0.5, 0.6) is 5.75 Å². The Hall–Kier alpha value is -3.00. The molecule has 1 amide bonds. The molecule has 28 heavy (non-hydrogen) atoms. The van der Waals surface area contributed by atoms with Crippen molar-refractivity contribution < 1.29 is 32.2 Å². The summed E-state index contributed by atoms with van der Waals surface area (Å²) in [5.41, 5.74) is 0.464. The van der Waals surface area contributed by atoms with Crippen molar-refractivity contribution in [1.82, 2.24) is 0 Å². The number of amides is 1. The van der Waals surface area contributed by atoms with Crippen molar-refractivity contribution in [2.75, 3.05) is 5.32 Å².